The van der Waals surface area contributed by atoms with Crippen LogP contribution in [0.25, 0.3) is 16.8 Å². The molecule has 0 radical (unpaired) electrons. The Kier molecular flexibility index (Phi) is 6.06. The van der Waals surface area contributed by atoms with Crippen molar-refractivity contribution in [1.82, 2.24) is 4.40 Å². The first kappa shape index (κ1) is 18.0. The molecule has 1 aromatic carbocycles. The van der Waals surface area contributed by atoms with Crippen LogP contribution < -0.4 is 4.74 Å². The zero-order valence-corrected chi connectivity index (χ0v) is 18.1. The van der Waals surface area contributed by atoms with E-state index in [2.05, 4.69) is 95.6 Å². The maximum absolute atomic E-state index is 5.82. The second-order valence-corrected chi connectivity index (χ2v) is 7.93. The van der Waals surface area contributed by atoms with Gasteiger partial charge in [0.2, 0.25) is 0 Å². The molecule has 0 aliphatic carbocycles. The third-order valence-corrected chi connectivity index (χ3v) is 6.04. The number of hydrogen-bond donors (Lipinski definition) is 0. The van der Waals surface area contributed by atoms with E-state index in [4.69, 9.17) is 4.74 Å². The van der Waals surface area contributed by atoms with Gasteiger partial charge in [0.25, 0.3) is 0 Å². The Hall–Kier alpha value is -0.780. The van der Waals surface area contributed by atoms with Crippen molar-refractivity contribution in [2.75, 3.05) is 11.9 Å². The smallest absolute Gasteiger partial charge is 0.133 e. The molecule has 126 valence electrons. The zero-order valence-electron chi connectivity index (χ0n) is 13.4. The summed E-state index contributed by atoms with van der Waals surface area (Å²) in [5.41, 5.74) is 4.92. The lowest BCUT2D eigenvalue weighted by Crippen LogP contribution is -1.98. The average molecular weight is 516 g/mol. The van der Waals surface area contributed by atoms with Crippen molar-refractivity contribution < 1.29 is 4.74 Å². The molecule has 0 saturated carbocycles. The van der Waals surface area contributed by atoms with Gasteiger partial charge in [-0.2, -0.15) is 0 Å². The van der Waals surface area contributed by atoms with E-state index in [0.717, 1.165) is 28.4 Å². The Labute approximate surface area is 167 Å². The van der Waals surface area contributed by atoms with Gasteiger partial charge in [-0.25, -0.2) is 0 Å². The monoisotopic (exact) mass is 513 g/mol. The summed E-state index contributed by atoms with van der Waals surface area (Å²) in [6.45, 7) is 2.90. The molecule has 0 aliphatic rings. The lowest BCUT2D eigenvalue weighted by atomic mass is 10.1. The predicted octanol–water partition coefficient (Wildman–Crippen LogP) is 6.86. The summed E-state index contributed by atoms with van der Waals surface area (Å²) in [5, 5.41) is 0.951. The van der Waals surface area contributed by atoms with Gasteiger partial charge in [-0.05, 0) is 80.6 Å². The molecule has 0 amide bonds. The number of fused-ring (bicyclic) bond motifs is 1. The van der Waals surface area contributed by atoms with Gasteiger partial charge in [-0.15, -0.1) is 0 Å². The van der Waals surface area contributed by atoms with Crippen LogP contribution in [-0.2, 0) is 6.42 Å². The normalized spacial score (nSPS) is 11.2. The van der Waals surface area contributed by atoms with Crippen LogP contribution in [0.3, 0.4) is 0 Å². The first-order valence-corrected chi connectivity index (χ1v) is 10.6. The Morgan fingerprint density at radius 3 is 2.67 bits per heavy atom. The van der Waals surface area contributed by atoms with Gasteiger partial charge in [0, 0.05) is 21.6 Å². The first-order chi connectivity index (χ1) is 11.7. The fraction of sp³-hybridized carbons (Fsp3) is 0.263. The molecular weight excluding hydrogens is 498 g/mol. The maximum atomic E-state index is 5.82. The van der Waals surface area contributed by atoms with Gasteiger partial charge < -0.3 is 9.14 Å². The fourth-order valence-corrected chi connectivity index (χ4v) is 4.37. The van der Waals surface area contributed by atoms with Crippen molar-refractivity contribution in [2.24, 2.45) is 0 Å². The highest BCUT2D eigenvalue weighted by molar-refractivity contribution is 9.11. The van der Waals surface area contributed by atoms with Gasteiger partial charge in [-0.3, -0.25) is 0 Å². The Balaban J connectivity index is 2.06. The molecule has 0 spiro atoms. The van der Waals surface area contributed by atoms with E-state index in [-0.39, 0.29) is 0 Å². The van der Waals surface area contributed by atoms with Crippen molar-refractivity contribution in [3.05, 3.63) is 57.1 Å². The third kappa shape index (κ3) is 3.44. The summed E-state index contributed by atoms with van der Waals surface area (Å²) >= 11 is 10.9. The second kappa shape index (κ2) is 8.07. The molecular formula is C19H18Br3NO. The predicted molar refractivity (Wildman–Crippen MR) is 112 cm³/mol. The van der Waals surface area contributed by atoms with Crippen LogP contribution >= 0.6 is 47.8 Å². The van der Waals surface area contributed by atoms with Crippen LogP contribution in [0.1, 0.15) is 18.9 Å². The molecule has 0 bridgehead atoms. The highest BCUT2D eigenvalue weighted by Crippen LogP contribution is 2.38. The Morgan fingerprint density at radius 1 is 1.12 bits per heavy atom. The molecule has 0 aliphatic heterocycles. The van der Waals surface area contributed by atoms with E-state index >= 15 is 0 Å². The minimum atomic E-state index is 0.711. The first-order valence-electron chi connectivity index (χ1n) is 7.93. The largest absolute Gasteiger partial charge is 0.492 e. The number of rotatable bonds is 6. The van der Waals surface area contributed by atoms with Crippen LogP contribution in [0.2, 0.25) is 0 Å². The maximum Gasteiger partial charge on any atom is 0.133 e. The quantitative estimate of drug-likeness (QED) is 0.258. The molecule has 5 heteroatoms. The van der Waals surface area contributed by atoms with E-state index in [9.17, 15) is 0 Å². The fourth-order valence-electron chi connectivity index (χ4n) is 2.86. The standard InChI is InChI=1S/C19H18Br3NO/c1-2-14-18(22)16-6-3-4-10-23(16)19(14)13-7-8-17(15(21)12-13)24-11-5-9-20/h3-4,6-8,10,12H,2,5,9,11H2,1H3. The number of halogens is 3. The highest BCUT2D eigenvalue weighted by Gasteiger charge is 2.17. The summed E-state index contributed by atoms with van der Waals surface area (Å²) in [6.07, 6.45) is 4.08. The molecule has 24 heavy (non-hydrogen) atoms. The summed E-state index contributed by atoms with van der Waals surface area (Å²) in [7, 11) is 0. The molecule has 0 atom stereocenters. The third-order valence-electron chi connectivity index (χ3n) is 3.97. The van der Waals surface area contributed by atoms with Crippen LogP contribution in [0, 0.1) is 0 Å². The topological polar surface area (TPSA) is 13.6 Å². The van der Waals surface area contributed by atoms with E-state index in [1.54, 1.807) is 0 Å². The highest BCUT2D eigenvalue weighted by atomic mass is 79.9. The molecule has 0 fully saturated rings. The number of aromatic nitrogens is 1. The van der Waals surface area contributed by atoms with Crippen LogP contribution in [0.15, 0.2) is 51.5 Å². The van der Waals surface area contributed by atoms with Crippen molar-refractivity contribution >= 4 is 53.3 Å². The minimum Gasteiger partial charge on any atom is -0.492 e. The Bertz CT molecular complexity index is 857. The SMILES string of the molecule is CCc1c(Br)c2ccccn2c1-c1ccc(OCCCBr)c(Br)c1. The number of hydrogen-bond acceptors (Lipinski definition) is 1. The van der Waals surface area contributed by atoms with Crippen molar-refractivity contribution in [1.29, 1.82) is 0 Å². The molecule has 3 aromatic rings. The van der Waals surface area contributed by atoms with Gasteiger partial charge in [0.1, 0.15) is 5.75 Å². The molecule has 2 aromatic heterocycles. The summed E-state index contributed by atoms with van der Waals surface area (Å²) in [6, 6.07) is 12.6. The molecule has 2 heterocycles. The van der Waals surface area contributed by atoms with E-state index in [1.807, 2.05) is 6.07 Å². The van der Waals surface area contributed by atoms with Gasteiger partial charge in [-0.1, -0.05) is 28.9 Å². The minimum absolute atomic E-state index is 0.711. The molecule has 0 saturated heterocycles. The van der Waals surface area contributed by atoms with E-state index < -0.39 is 0 Å². The summed E-state index contributed by atoms with van der Waals surface area (Å²) < 4.78 is 10.2. The van der Waals surface area contributed by atoms with Crippen LogP contribution in [0.4, 0.5) is 0 Å². The molecule has 2 nitrogen and oxygen atoms in total. The van der Waals surface area contributed by atoms with E-state index in [1.165, 1.54) is 26.8 Å². The van der Waals surface area contributed by atoms with Crippen LogP contribution in [-0.4, -0.2) is 16.3 Å². The number of benzene rings is 1. The van der Waals surface area contributed by atoms with Gasteiger partial charge >= 0.3 is 0 Å². The van der Waals surface area contributed by atoms with Crippen molar-refractivity contribution in [3.63, 3.8) is 0 Å². The zero-order chi connectivity index (χ0) is 17.1. The van der Waals surface area contributed by atoms with Crippen LogP contribution in [0.5, 0.6) is 5.75 Å². The van der Waals surface area contributed by atoms with Crippen molar-refractivity contribution in [3.8, 4) is 17.0 Å². The second-order valence-electron chi connectivity index (χ2n) is 5.49. The molecule has 0 N–H and O–H groups in total. The number of pyridine rings is 1. The Morgan fingerprint density at radius 2 is 1.96 bits per heavy atom. The van der Waals surface area contributed by atoms with Crippen molar-refractivity contribution in [2.45, 2.75) is 19.8 Å². The number of nitrogens with zero attached hydrogens (tertiary/aromatic N) is 1. The average Bonchev–Trinajstić information content (AvgIpc) is 2.89. The summed E-state index contributed by atoms with van der Waals surface area (Å²) in [4.78, 5) is 0. The van der Waals surface area contributed by atoms with Gasteiger partial charge in [0.15, 0.2) is 0 Å². The molecule has 0 unspecified atom stereocenters. The lowest BCUT2D eigenvalue weighted by molar-refractivity contribution is 0.317. The number of ether oxygens (including phenoxy) is 1. The van der Waals surface area contributed by atoms with E-state index in [0.29, 0.717) is 6.61 Å². The molecule has 3 rings (SSSR count). The lowest BCUT2D eigenvalue weighted by Gasteiger charge is -2.11. The number of alkyl halides is 1. The summed E-state index contributed by atoms with van der Waals surface area (Å²) in [5.74, 6) is 0.887. The van der Waals surface area contributed by atoms with Gasteiger partial charge in [0.05, 0.1) is 22.3 Å².